The van der Waals surface area contributed by atoms with E-state index >= 15 is 0 Å². The second-order valence-electron chi connectivity index (χ2n) is 7.18. The molecule has 2 nitrogen and oxygen atoms in total. The smallest absolute Gasteiger partial charge is 0.0237 e. The standard InChI is InChI=1S/C21H26N2/c1-3-7-17(8-4-1)14-23(15-18-9-5-2-6-10-18)16-19-13-20-11-12-21(19)22-20/h1-10,19-22H,11-16H2. The molecule has 2 aliphatic heterocycles. The van der Waals surface area contributed by atoms with Gasteiger partial charge in [-0.3, -0.25) is 4.90 Å². The fourth-order valence-corrected chi connectivity index (χ4v) is 4.34. The van der Waals surface area contributed by atoms with Crippen LogP contribution in [0.5, 0.6) is 0 Å². The van der Waals surface area contributed by atoms with E-state index in [2.05, 4.69) is 70.9 Å². The van der Waals surface area contributed by atoms with E-state index in [-0.39, 0.29) is 0 Å². The van der Waals surface area contributed by atoms with Gasteiger partial charge in [0.15, 0.2) is 0 Å². The summed E-state index contributed by atoms with van der Waals surface area (Å²) in [7, 11) is 0. The first-order chi connectivity index (χ1) is 11.4. The van der Waals surface area contributed by atoms with Gasteiger partial charge in [-0.1, -0.05) is 60.7 Å². The first-order valence-corrected chi connectivity index (χ1v) is 8.93. The van der Waals surface area contributed by atoms with Crippen LogP contribution in [0, 0.1) is 5.92 Å². The molecule has 2 aromatic carbocycles. The number of nitrogens with zero attached hydrogens (tertiary/aromatic N) is 1. The van der Waals surface area contributed by atoms with Crippen LogP contribution in [0.4, 0.5) is 0 Å². The van der Waals surface area contributed by atoms with Crippen molar-refractivity contribution in [3.05, 3.63) is 71.8 Å². The van der Waals surface area contributed by atoms with E-state index in [0.29, 0.717) is 0 Å². The number of hydrogen-bond donors (Lipinski definition) is 1. The second kappa shape index (κ2) is 6.86. The molecular weight excluding hydrogens is 280 g/mol. The summed E-state index contributed by atoms with van der Waals surface area (Å²) < 4.78 is 0. The monoisotopic (exact) mass is 306 g/mol. The molecule has 0 aromatic heterocycles. The summed E-state index contributed by atoms with van der Waals surface area (Å²) in [6, 6.07) is 23.3. The highest BCUT2D eigenvalue weighted by molar-refractivity contribution is 5.17. The zero-order chi connectivity index (χ0) is 15.5. The van der Waals surface area contributed by atoms with E-state index in [0.717, 1.165) is 31.1 Å². The van der Waals surface area contributed by atoms with E-state index in [1.54, 1.807) is 0 Å². The minimum absolute atomic E-state index is 0.758. The van der Waals surface area contributed by atoms with Gasteiger partial charge in [-0.05, 0) is 36.3 Å². The summed E-state index contributed by atoms with van der Waals surface area (Å²) in [5.74, 6) is 0.821. The van der Waals surface area contributed by atoms with Crippen LogP contribution in [0.15, 0.2) is 60.7 Å². The van der Waals surface area contributed by atoms with E-state index < -0.39 is 0 Å². The summed E-state index contributed by atoms with van der Waals surface area (Å²) >= 11 is 0. The summed E-state index contributed by atoms with van der Waals surface area (Å²) in [5.41, 5.74) is 2.83. The van der Waals surface area contributed by atoms with E-state index in [1.165, 1.54) is 36.9 Å². The molecule has 2 saturated heterocycles. The fourth-order valence-electron chi connectivity index (χ4n) is 4.34. The molecule has 3 unspecified atom stereocenters. The van der Waals surface area contributed by atoms with Gasteiger partial charge in [-0.15, -0.1) is 0 Å². The second-order valence-corrected chi connectivity index (χ2v) is 7.18. The van der Waals surface area contributed by atoms with Crippen molar-refractivity contribution in [3.8, 4) is 0 Å². The average Bonchev–Trinajstić information content (AvgIpc) is 3.19. The minimum Gasteiger partial charge on any atom is -0.311 e. The molecular formula is C21H26N2. The molecule has 2 heterocycles. The van der Waals surface area contributed by atoms with Crippen LogP contribution in [0.2, 0.25) is 0 Å². The lowest BCUT2D eigenvalue weighted by Gasteiger charge is -2.29. The molecule has 2 fully saturated rings. The maximum absolute atomic E-state index is 3.78. The van der Waals surface area contributed by atoms with Gasteiger partial charge in [0, 0.05) is 31.7 Å². The van der Waals surface area contributed by atoms with Crippen LogP contribution >= 0.6 is 0 Å². The van der Waals surface area contributed by atoms with Crippen LogP contribution in [0.25, 0.3) is 0 Å². The zero-order valence-corrected chi connectivity index (χ0v) is 13.7. The molecule has 2 aliphatic rings. The predicted molar refractivity (Wildman–Crippen MR) is 95.1 cm³/mol. The number of fused-ring (bicyclic) bond motifs is 2. The van der Waals surface area contributed by atoms with E-state index in [1.807, 2.05) is 0 Å². The van der Waals surface area contributed by atoms with Crippen LogP contribution in [-0.2, 0) is 13.1 Å². The Morgan fingerprint density at radius 1 is 0.826 bits per heavy atom. The summed E-state index contributed by atoms with van der Waals surface area (Å²) in [6.45, 7) is 3.30. The van der Waals surface area contributed by atoms with Crippen LogP contribution in [-0.4, -0.2) is 23.5 Å². The predicted octanol–water partition coefficient (Wildman–Crippen LogP) is 3.83. The Bertz CT molecular complexity index is 569. The third kappa shape index (κ3) is 3.65. The van der Waals surface area contributed by atoms with Gasteiger partial charge in [-0.25, -0.2) is 0 Å². The molecule has 120 valence electrons. The molecule has 0 amide bonds. The van der Waals surface area contributed by atoms with Crippen molar-refractivity contribution in [2.45, 2.75) is 44.4 Å². The molecule has 2 heteroatoms. The van der Waals surface area contributed by atoms with Gasteiger partial charge in [-0.2, -0.15) is 0 Å². The lowest BCUT2D eigenvalue weighted by atomic mass is 9.88. The fraction of sp³-hybridized carbons (Fsp3) is 0.429. The Kier molecular flexibility index (Phi) is 4.45. The Hall–Kier alpha value is -1.64. The summed E-state index contributed by atoms with van der Waals surface area (Å²) in [4.78, 5) is 2.64. The number of hydrogen-bond acceptors (Lipinski definition) is 2. The van der Waals surface area contributed by atoms with Crippen molar-refractivity contribution in [1.29, 1.82) is 0 Å². The normalized spacial score (nSPS) is 26.0. The molecule has 23 heavy (non-hydrogen) atoms. The van der Waals surface area contributed by atoms with Gasteiger partial charge >= 0.3 is 0 Å². The first kappa shape index (κ1) is 14.9. The van der Waals surface area contributed by atoms with E-state index in [4.69, 9.17) is 0 Å². The highest BCUT2D eigenvalue weighted by atomic mass is 15.1. The first-order valence-electron chi connectivity index (χ1n) is 8.93. The number of rotatable bonds is 6. The molecule has 0 aliphatic carbocycles. The molecule has 0 saturated carbocycles. The summed E-state index contributed by atoms with van der Waals surface area (Å²) in [6.07, 6.45) is 4.13. The highest BCUT2D eigenvalue weighted by Crippen LogP contribution is 2.34. The Morgan fingerprint density at radius 2 is 1.43 bits per heavy atom. The quantitative estimate of drug-likeness (QED) is 0.872. The van der Waals surface area contributed by atoms with Crippen molar-refractivity contribution >= 4 is 0 Å². The molecule has 3 atom stereocenters. The third-order valence-corrected chi connectivity index (χ3v) is 5.42. The molecule has 0 spiro atoms. The largest absolute Gasteiger partial charge is 0.311 e. The van der Waals surface area contributed by atoms with Crippen LogP contribution in [0.3, 0.4) is 0 Å². The highest BCUT2D eigenvalue weighted by Gasteiger charge is 2.39. The lowest BCUT2D eigenvalue weighted by molar-refractivity contribution is 0.196. The van der Waals surface area contributed by atoms with Gasteiger partial charge in [0.25, 0.3) is 0 Å². The Balaban J connectivity index is 1.46. The maximum Gasteiger partial charge on any atom is 0.0237 e. The number of benzene rings is 2. The van der Waals surface area contributed by atoms with Crippen molar-refractivity contribution in [2.24, 2.45) is 5.92 Å². The van der Waals surface area contributed by atoms with E-state index in [9.17, 15) is 0 Å². The van der Waals surface area contributed by atoms with Crippen LogP contribution in [0.1, 0.15) is 30.4 Å². The van der Waals surface area contributed by atoms with Crippen molar-refractivity contribution in [2.75, 3.05) is 6.54 Å². The lowest BCUT2D eigenvalue weighted by Crippen LogP contribution is -2.34. The number of nitrogens with one attached hydrogen (secondary N) is 1. The summed E-state index contributed by atoms with van der Waals surface area (Å²) in [5, 5.41) is 3.78. The Labute approximate surface area is 139 Å². The molecule has 1 N–H and O–H groups in total. The van der Waals surface area contributed by atoms with Gasteiger partial charge in [0.1, 0.15) is 0 Å². The van der Waals surface area contributed by atoms with Crippen LogP contribution < -0.4 is 5.32 Å². The SMILES string of the molecule is c1ccc(CN(Cc2ccccc2)CC2CC3CCC2N3)cc1. The van der Waals surface area contributed by atoms with Gasteiger partial charge in [0.05, 0.1) is 0 Å². The average molecular weight is 306 g/mol. The topological polar surface area (TPSA) is 15.3 Å². The zero-order valence-electron chi connectivity index (χ0n) is 13.7. The third-order valence-electron chi connectivity index (χ3n) is 5.42. The minimum atomic E-state index is 0.758. The molecule has 2 bridgehead atoms. The molecule has 0 radical (unpaired) electrons. The van der Waals surface area contributed by atoms with Gasteiger partial charge < -0.3 is 5.32 Å². The van der Waals surface area contributed by atoms with Crippen molar-refractivity contribution in [3.63, 3.8) is 0 Å². The Morgan fingerprint density at radius 3 is 1.91 bits per heavy atom. The van der Waals surface area contributed by atoms with Gasteiger partial charge in [0.2, 0.25) is 0 Å². The molecule has 2 aromatic rings. The van der Waals surface area contributed by atoms with Crippen molar-refractivity contribution < 1.29 is 0 Å². The van der Waals surface area contributed by atoms with Crippen molar-refractivity contribution in [1.82, 2.24) is 10.2 Å². The maximum atomic E-state index is 3.78. The molecule has 4 rings (SSSR count).